The summed E-state index contributed by atoms with van der Waals surface area (Å²) in [6.07, 6.45) is 31.8. The number of piperidine rings is 6. The van der Waals surface area contributed by atoms with Crippen molar-refractivity contribution in [1.29, 1.82) is 0 Å². The average molecular weight is 1810 g/mol. The molecule has 2 aromatic carbocycles. The van der Waals surface area contributed by atoms with Crippen LogP contribution in [0.5, 0.6) is 0 Å². The van der Waals surface area contributed by atoms with Gasteiger partial charge >= 0.3 is 0 Å². The maximum atomic E-state index is 12.6. The fourth-order valence-corrected chi connectivity index (χ4v) is 19.2. The van der Waals surface area contributed by atoms with Gasteiger partial charge in [0, 0.05) is 145 Å². The number of likely N-dealkylation sites (tertiary alicyclic amines) is 10. The predicted molar refractivity (Wildman–Crippen MR) is 555 cm³/mol. The minimum atomic E-state index is -2.40. The van der Waals surface area contributed by atoms with Gasteiger partial charge in [-0.05, 0) is 399 Å². The number of rotatable bonds is 13. The zero-order chi connectivity index (χ0) is 96.1. The molecule has 128 heavy (non-hydrogen) atoms. The Balaban J connectivity index is 0.000000358. The molecule has 0 radical (unpaired) electrons. The van der Waals surface area contributed by atoms with Crippen LogP contribution in [0.3, 0.4) is 0 Å². The van der Waals surface area contributed by atoms with E-state index in [0.717, 1.165) is 77.0 Å². The van der Waals surface area contributed by atoms with Crippen LogP contribution in [0.2, 0.25) is 0 Å². The van der Waals surface area contributed by atoms with Gasteiger partial charge in [0.2, 0.25) is 0 Å². The fraction of sp³-hybridized carbons (Fsp3) is 0.893. The molecule has 0 amide bonds. The van der Waals surface area contributed by atoms with E-state index in [1.54, 1.807) is 4.90 Å². The molecule has 15 rings (SSSR count). The molecule has 752 valence electrons. The molecule has 13 fully saturated rings. The lowest BCUT2D eigenvalue weighted by Crippen LogP contribution is -2.61. The highest BCUT2D eigenvalue weighted by molar-refractivity contribution is 5.23. The van der Waals surface area contributed by atoms with Crippen LogP contribution in [0.15, 0.2) is 54.6 Å². The Labute approximate surface area is 794 Å². The van der Waals surface area contributed by atoms with Crippen molar-refractivity contribution in [2.24, 2.45) is 28.1 Å². The molecule has 0 unspecified atom stereocenters. The Hall–Kier alpha value is -2.32. The van der Waals surface area contributed by atoms with Crippen molar-refractivity contribution < 1.29 is 17.6 Å². The first-order valence-electron chi connectivity index (χ1n) is 53.7. The summed E-state index contributed by atoms with van der Waals surface area (Å²) in [6, 6.07) is 26.8. The predicted octanol–water partition coefficient (Wildman–Crippen LogP) is 26.6. The number of benzene rings is 2. The second kappa shape index (κ2) is 62.5. The highest BCUT2D eigenvalue weighted by atomic mass is 19.3. The maximum Gasteiger partial charge on any atom is 0.272 e. The minimum absolute atomic E-state index is 0.0329. The van der Waals surface area contributed by atoms with E-state index in [4.69, 9.17) is 0 Å². The summed E-state index contributed by atoms with van der Waals surface area (Å²) in [5, 5.41) is 0. The first-order valence-corrected chi connectivity index (χ1v) is 53.7. The summed E-state index contributed by atoms with van der Waals surface area (Å²) in [5.41, 5.74) is 6.38. The number of likely N-dealkylation sites (N-methyl/N-ethyl adjacent to an activating group) is 1. The van der Waals surface area contributed by atoms with Gasteiger partial charge in [-0.3, -0.25) is 19.6 Å². The molecular formula is C112H216F4N12. The van der Waals surface area contributed by atoms with E-state index < -0.39 is 11.8 Å². The van der Waals surface area contributed by atoms with Crippen molar-refractivity contribution in [3.05, 3.63) is 71.3 Å². The molecule has 11 heterocycles. The van der Waals surface area contributed by atoms with E-state index in [1.807, 2.05) is 33.8 Å². The van der Waals surface area contributed by atoms with Gasteiger partial charge in [0.15, 0.2) is 0 Å². The summed E-state index contributed by atoms with van der Waals surface area (Å²) >= 11 is 0. The number of nitrogens with zero attached hydrogens (tertiary/aromatic N) is 12. The number of aryl methyl sites for hydroxylation is 1. The van der Waals surface area contributed by atoms with Gasteiger partial charge in [0.05, 0.1) is 13.1 Å². The Kier molecular flexibility index (Phi) is 58.5. The third kappa shape index (κ3) is 50.1. The molecule has 2 saturated carbocycles. The first kappa shape index (κ1) is 120. The largest absolute Gasteiger partial charge is 0.304 e. The monoisotopic (exact) mass is 1810 g/mol. The normalized spacial score (nSPS) is 23.2. The molecule has 0 bridgehead atoms. The van der Waals surface area contributed by atoms with Crippen molar-refractivity contribution in [3.8, 4) is 0 Å². The highest BCUT2D eigenvalue weighted by Gasteiger charge is 2.48. The van der Waals surface area contributed by atoms with Crippen LogP contribution < -0.4 is 0 Å². The van der Waals surface area contributed by atoms with Gasteiger partial charge in [-0.15, -0.1) is 0 Å². The molecule has 2 spiro atoms. The first-order chi connectivity index (χ1) is 60.0. The molecule has 0 N–H and O–H groups in total. The third-order valence-corrected chi connectivity index (χ3v) is 30.4. The second-order valence-electron chi connectivity index (χ2n) is 46.5. The number of hydrogen-bond donors (Lipinski definition) is 0. The standard InChI is InChI=1S/C11H21N.C10H21N.C10H14.C9H17N.2C9H19N.C9H12.C8H15F2N.C8H18N2.2C8H17N.C7H15N.C6H11F2N/c1-10(2)12-8-11(9-12)6-4-3-5-7-11;1-9(2)11-7-5-10(3,4)6-8-11;1-8(2)10-6-4-9(3)5-7-10;1-8(2)10-6-9(7-10)4-3-5-9;2*1-8(2)10-6-4-9(3)5-7-10;1-8(2)9-6-4-3-5-7-9;1-7(2)11-5-3-8(9,10)4-6-11;1-8(2)10-6-4-9(3)5-7-10;2*1-8(2)9-6-4-3-5-7-9;1-7(2)8-5-3-4-6-8;1-5(2)9-3-6(7,8)4-9/h10H,3-9H2,1-2H3;9H,5-8H2,1-4H3;4-8H,1-3H3;8H,3-7H2,1-2H3;2*8-9H,4-7H2,1-3H3;3-8H,1-2H3;7H,3-6H2,1-2H3;8H,4-7H2,1-3H3;2*8H,3-7H2,1-2H3;7H,3-6H2,1-2H3;5H,3-4H2,1-2H3. The van der Waals surface area contributed by atoms with Crippen LogP contribution in [-0.2, 0) is 0 Å². The van der Waals surface area contributed by atoms with Gasteiger partial charge in [0.25, 0.3) is 11.8 Å². The molecule has 0 aromatic heterocycles. The average Bonchev–Trinajstić information content (AvgIpc) is 0.857. The highest BCUT2D eigenvalue weighted by Crippen LogP contribution is 2.49. The van der Waals surface area contributed by atoms with Gasteiger partial charge in [0.1, 0.15) is 0 Å². The Morgan fingerprint density at radius 1 is 0.250 bits per heavy atom. The number of piperazine rings is 1. The Morgan fingerprint density at radius 3 is 0.758 bits per heavy atom. The Morgan fingerprint density at radius 2 is 0.500 bits per heavy atom. The molecular weight excluding hydrogens is 1590 g/mol. The molecule has 13 aliphatic rings. The summed E-state index contributed by atoms with van der Waals surface area (Å²) < 4.78 is 49.4. The lowest BCUT2D eigenvalue weighted by molar-refractivity contribution is -0.141. The SMILES string of the molecule is CC(C)N1CC(F)(F)C1.CC(C)N1CC2(CCC2)C1.CC(C)N1CC2(CCCCC2)C1.CC(C)N1CCC(C)(C)CC1.CC(C)N1CCC(F)(F)CC1.CC(C)N1CCCC1.CC(C)N1CCCCC1.CC(C)N1CCCCC1.CC(C)N1CCN(C)CC1.CC(C)c1ccccc1.CC1CCN(C(C)C)CC1.CC1CCN(C(C)C)CC1.Cc1ccc(C(C)C)cc1. The zero-order valence-electron chi connectivity index (χ0n) is 90.7. The van der Waals surface area contributed by atoms with Crippen LogP contribution in [-0.4, -0.2) is 301 Å². The van der Waals surface area contributed by atoms with E-state index in [-0.39, 0.29) is 32.0 Å². The summed E-state index contributed by atoms with van der Waals surface area (Å²) in [4.78, 5) is 29.3. The van der Waals surface area contributed by atoms with Gasteiger partial charge in [-0.1, -0.05) is 154 Å². The van der Waals surface area contributed by atoms with Gasteiger partial charge < -0.3 is 39.2 Å². The summed E-state index contributed by atoms with van der Waals surface area (Å²) in [5.74, 6) is -1.55. The number of alkyl halides is 4. The number of halogens is 4. The van der Waals surface area contributed by atoms with Crippen LogP contribution in [0, 0.1) is 35.0 Å². The van der Waals surface area contributed by atoms with Crippen molar-refractivity contribution in [1.82, 2.24) is 58.8 Å². The Bertz CT molecular complexity index is 2820. The molecule has 2 aliphatic carbocycles. The van der Waals surface area contributed by atoms with E-state index >= 15 is 0 Å². The van der Waals surface area contributed by atoms with E-state index in [1.165, 1.54) is 289 Å². The molecule has 11 aliphatic heterocycles. The molecule has 2 aromatic rings. The molecule has 11 saturated heterocycles. The molecule has 16 heteroatoms. The second-order valence-corrected chi connectivity index (χ2v) is 46.5. The van der Waals surface area contributed by atoms with E-state index in [2.05, 4.69) is 296 Å². The van der Waals surface area contributed by atoms with Crippen LogP contribution >= 0.6 is 0 Å². The van der Waals surface area contributed by atoms with Crippen molar-refractivity contribution in [2.75, 3.05) is 164 Å². The fourth-order valence-electron chi connectivity index (χ4n) is 19.2. The molecule has 12 nitrogen and oxygen atoms in total. The van der Waals surface area contributed by atoms with E-state index in [0.29, 0.717) is 36.4 Å². The lowest BCUT2D eigenvalue weighted by Gasteiger charge is -2.57. The summed E-state index contributed by atoms with van der Waals surface area (Å²) in [7, 11) is 2.19. The number of hydrogen-bond acceptors (Lipinski definition) is 12. The van der Waals surface area contributed by atoms with Crippen molar-refractivity contribution in [2.45, 2.75) is 459 Å². The maximum absolute atomic E-state index is 12.6. The van der Waals surface area contributed by atoms with Gasteiger partial charge in [-0.25, -0.2) is 17.6 Å². The third-order valence-electron chi connectivity index (χ3n) is 30.4. The summed E-state index contributed by atoms with van der Waals surface area (Å²) in [6.45, 7) is 96.9. The van der Waals surface area contributed by atoms with Gasteiger partial charge in [-0.2, -0.15) is 0 Å². The van der Waals surface area contributed by atoms with Crippen molar-refractivity contribution in [3.63, 3.8) is 0 Å². The quantitative estimate of drug-likeness (QED) is 0.179. The van der Waals surface area contributed by atoms with Crippen LogP contribution in [0.25, 0.3) is 0 Å². The van der Waals surface area contributed by atoms with Crippen LogP contribution in [0.4, 0.5) is 17.6 Å². The van der Waals surface area contributed by atoms with Crippen LogP contribution in [0.1, 0.15) is 390 Å². The topological polar surface area (TPSA) is 38.9 Å². The smallest absolute Gasteiger partial charge is 0.272 e. The molecule has 0 atom stereocenters. The van der Waals surface area contributed by atoms with E-state index in [9.17, 15) is 17.6 Å². The van der Waals surface area contributed by atoms with Crippen molar-refractivity contribution >= 4 is 0 Å². The zero-order valence-corrected chi connectivity index (χ0v) is 90.7. The lowest BCUT2D eigenvalue weighted by atomic mass is 9.63. The minimum Gasteiger partial charge on any atom is -0.304 e.